The molecular formula is C38H52N4O11. The van der Waals surface area contributed by atoms with E-state index in [-0.39, 0.29) is 19.8 Å². The number of aliphatic hydroxyl groups excluding tert-OH is 1. The molecule has 0 aromatic heterocycles. The molecule has 0 aliphatic carbocycles. The van der Waals surface area contributed by atoms with Crippen LogP contribution in [0.3, 0.4) is 0 Å². The Balaban J connectivity index is 1.36. The molecule has 0 spiro atoms. The number of esters is 2. The third-order valence-electron chi connectivity index (χ3n) is 9.43. The Morgan fingerprint density at radius 2 is 1.53 bits per heavy atom. The average molecular weight is 741 g/mol. The number of hydrogen-bond donors (Lipinski definition) is 1. The van der Waals surface area contributed by atoms with Crippen LogP contribution in [0.25, 0.3) is 10.4 Å². The minimum absolute atomic E-state index is 0.178. The number of carbonyl (C=O) groups excluding carboxylic acids is 3. The van der Waals surface area contributed by atoms with Crippen molar-refractivity contribution in [2.75, 3.05) is 19.8 Å². The van der Waals surface area contributed by atoms with Gasteiger partial charge in [-0.2, -0.15) is 0 Å². The summed E-state index contributed by atoms with van der Waals surface area (Å²) in [6.45, 7) is 8.86. The number of azide groups is 1. The summed E-state index contributed by atoms with van der Waals surface area (Å²) in [5, 5.41) is 14.6. The average Bonchev–Trinajstić information content (AvgIpc) is 3.14. The fourth-order valence-corrected chi connectivity index (χ4v) is 6.50. The van der Waals surface area contributed by atoms with E-state index in [2.05, 4.69) is 10.0 Å². The van der Waals surface area contributed by atoms with Crippen molar-refractivity contribution in [2.45, 2.75) is 116 Å². The van der Waals surface area contributed by atoms with Crippen LogP contribution in [0, 0.1) is 11.8 Å². The predicted molar refractivity (Wildman–Crippen MR) is 191 cm³/mol. The second-order valence-corrected chi connectivity index (χ2v) is 13.5. The van der Waals surface area contributed by atoms with Gasteiger partial charge >= 0.3 is 18.0 Å². The van der Waals surface area contributed by atoms with Crippen molar-refractivity contribution in [3.05, 3.63) is 82.2 Å². The monoisotopic (exact) mass is 740 g/mol. The van der Waals surface area contributed by atoms with Crippen LogP contribution in [0.4, 0.5) is 4.79 Å². The summed E-state index contributed by atoms with van der Waals surface area (Å²) in [6, 6.07) is 18.4. The summed E-state index contributed by atoms with van der Waals surface area (Å²) in [5.41, 5.74) is 11.4. The summed E-state index contributed by atoms with van der Waals surface area (Å²) >= 11 is 0. The van der Waals surface area contributed by atoms with E-state index in [9.17, 15) is 25.0 Å². The highest BCUT2D eigenvalue weighted by Gasteiger charge is 2.50. The Kier molecular flexibility index (Phi) is 16.3. The first-order valence-electron chi connectivity index (χ1n) is 18.1. The van der Waals surface area contributed by atoms with E-state index in [0.717, 1.165) is 11.1 Å². The molecule has 4 rings (SSSR count). The topological polar surface area (TPSA) is 188 Å². The van der Waals surface area contributed by atoms with Crippen LogP contribution in [0.1, 0.15) is 65.0 Å². The van der Waals surface area contributed by atoms with Crippen LogP contribution in [-0.4, -0.2) is 96.9 Å². The summed E-state index contributed by atoms with van der Waals surface area (Å²) < 4.78 is 41.2. The number of carbonyl (C=O) groups is 3. The first-order valence-corrected chi connectivity index (χ1v) is 18.1. The number of benzene rings is 2. The molecule has 4 unspecified atom stereocenters. The zero-order valence-electron chi connectivity index (χ0n) is 31.0. The van der Waals surface area contributed by atoms with E-state index in [1.807, 2.05) is 60.7 Å². The standard InChI is InChI=1S/C38H52N4O11/c1-24-32(40-41-39)36(52-31(23-48-27(4)43)34(24)53-37-35(51-28(5)44)25(2)33(45)26(3)50-37)47-20-14-8-13-19-42(21-29-15-9-6-10-16-29)38(46)49-22-30-17-11-7-12-18-30/h6-7,9-12,15-18,24-26,31-37,45H,8,13-14,19-23H2,1-5H3/t24-,25+,26?,31?,32?,33+,34+,35?,36+,37+/m1/s1. The van der Waals surface area contributed by atoms with Gasteiger partial charge in [0.2, 0.25) is 0 Å². The Morgan fingerprint density at radius 3 is 2.17 bits per heavy atom. The quantitative estimate of drug-likeness (QED) is 0.0525. The van der Waals surface area contributed by atoms with Crippen molar-refractivity contribution in [3.63, 3.8) is 0 Å². The van der Waals surface area contributed by atoms with Gasteiger partial charge in [-0.3, -0.25) is 9.59 Å². The van der Waals surface area contributed by atoms with Crippen molar-refractivity contribution in [1.29, 1.82) is 0 Å². The van der Waals surface area contributed by atoms with Gasteiger partial charge in [-0.15, -0.1) is 0 Å². The number of unbranched alkanes of at least 4 members (excludes halogenated alkanes) is 2. The highest BCUT2D eigenvalue weighted by atomic mass is 16.7. The third kappa shape index (κ3) is 12.4. The maximum Gasteiger partial charge on any atom is 0.410 e. The van der Waals surface area contributed by atoms with E-state index in [1.165, 1.54) is 13.8 Å². The number of rotatable bonds is 17. The number of ether oxygens (including phenoxy) is 7. The summed E-state index contributed by atoms with van der Waals surface area (Å²) in [6.07, 6.45) is -4.67. The van der Waals surface area contributed by atoms with Crippen LogP contribution in [0.5, 0.6) is 0 Å². The summed E-state index contributed by atoms with van der Waals surface area (Å²) in [4.78, 5) is 41.6. The van der Waals surface area contributed by atoms with Crippen molar-refractivity contribution >= 4 is 18.0 Å². The molecule has 0 radical (unpaired) electrons. The highest BCUT2D eigenvalue weighted by Crippen LogP contribution is 2.36. The van der Waals surface area contributed by atoms with Gasteiger partial charge in [0.05, 0.1) is 24.4 Å². The lowest BCUT2D eigenvalue weighted by Gasteiger charge is -2.47. The number of hydrogen-bond acceptors (Lipinski definition) is 12. The van der Waals surface area contributed by atoms with Crippen LogP contribution in [-0.2, 0) is 55.9 Å². The molecule has 2 aliphatic rings. The Bertz CT molecular complexity index is 1500. The second-order valence-electron chi connectivity index (χ2n) is 13.5. The summed E-state index contributed by atoms with van der Waals surface area (Å²) in [7, 11) is 0. The molecule has 2 aromatic rings. The van der Waals surface area contributed by atoms with Gasteiger partial charge in [-0.1, -0.05) is 79.6 Å². The largest absolute Gasteiger partial charge is 0.463 e. The van der Waals surface area contributed by atoms with E-state index < -0.39 is 79.0 Å². The number of nitrogens with zero attached hydrogens (tertiary/aromatic N) is 4. The normalized spacial score (nSPS) is 28.3. The highest BCUT2D eigenvalue weighted by molar-refractivity contribution is 5.67. The third-order valence-corrected chi connectivity index (χ3v) is 9.43. The first kappa shape index (κ1) is 41.5. The van der Waals surface area contributed by atoms with Crippen molar-refractivity contribution in [3.8, 4) is 0 Å². The Labute approximate surface area is 310 Å². The molecule has 1 amide bonds. The van der Waals surface area contributed by atoms with Crippen molar-refractivity contribution in [1.82, 2.24) is 4.90 Å². The van der Waals surface area contributed by atoms with Crippen LogP contribution < -0.4 is 0 Å². The van der Waals surface area contributed by atoms with E-state index in [1.54, 1.807) is 25.7 Å². The molecular weight excluding hydrogens is 688 g/mol. The Morgan fingerprint density at radius 1 is 0.849 bits per heavy atom. The van der Waals surface area contributed by atoms with Crippen molar-refractivity contribution < 1.29 is 52.6 Å². The minimum atomic E-state index is -1.09. The molecule has 1 N–H and O–H groups in total. The molecule has 2 saturated heterocycles. The van der Waals surface area contributed by atoms with E-state index in [0.29, 0.717) is 32.4 Å². The molecule has 290 valence electrons. The molecule has 2 aliphatic heterocycles. The van der Waals surface area contributed by atoms with Crippen LogP contribution in [0.15, 0.2) is 65.8 Å². The fourth-order valence-electron chi connectivity index (χ4n) is 6.50. The van der Waals surface area contributed by atoms with Gasteiger partial charge in [0.15, 0.2) is 18.7 Å². The lowest BCUT2D eigenvalue weighted by Crippen LogP contribution is -2.60. The summed E-state index contributed by atoms with van der Waals surface area (Å²) in [5.74, 6) is -2.15. The van der Waals surface area contributed by atoms with Crippen LogP contribution in [0.2, 0.25) is 0 Å². The Hall–Kier alpha value is -4.24. The van der Waals surface area contributed by atoms with E-state index >= 15 is 0 Å². The maximum absolute atomic E-state index is 13.1. The molecule has 15 nitrogen and oxygen atoms in total. The van der Waals surface area contributed by atoms with Crippen LogP contribution >= 0.6 is 0 Å². The lowest BCUT2D eigenvalue weighted by atomic mass is 9.88. The molecule has 2 aromatic carbocycles. The van der Waals surface area contributed by atoms with Gasteiger partial charge < -0.3 is 43.2 Å². The SMILES string of the molecule is CC(=O)OCC1O[C@H](OCCCCCN(Cc2ccccc2)C(=O)OCc2ccccc2)C(N=[N+]=[N-])[C@@H](C)[C@@H]1O[C@@H]1OC(C)[C@@H](O)[C@H](C)C1OC(C)=O. The van der Waals surface area contributed by atoms with Gasteiger partial charge in [-0.25, -0.2) is 4.79 Å². The fraction of sp³-hybridized carbons (Fsp3) is 0.605. The van der Waals surface area contributed by atoms with Crippen molar-refractivity contribution in [2.24, 2.45) is 17.0 Å². The minimum Gasteiger partial charge on any atom is -0.463 e. The maximum atomic E-state index is 13.1. The van der Waals surface area contributed by atoms with E-state index in [4.69, 9.17) is 33.2 Å². The zero-order chi connectivity index (χ0) is 38.3. The second kappa shape index (κ2) is 20.9. The smallest absolute Gasteiger partial charge is 0.410 e. The first-order chi connectivity index (χ1) is 25.5. The molecule has 0 bridgehead atoms. The predicted octanol–water partition coefficient (Wildman–Crippen LogP) is 5.67. The molecule has 0 saturated carbocycles. The molecule has 2 fully saturated rings. The number of aliphatic hydroxyl groups is 1. The zero-order valence-corrected chi connectivity index (χ0v) is 31.0. The van der Waals surface area contributed by atoms with Gasteiger partial charge in [0, 0.05) is 44.4 Å². The molecule has 2 heterocycles. The molecule has 53 heavy (non-hydrogen) atoms. The van der Waals surface area contributed by atoms with Gasteiger partial charge in [-0.05, 0) is 48.8 Å². The molecule has 10 atom stereocenters. The molecule has 15 heteroatoms. The van der Waals surface area contributed by atoms with Gasteiger partial charge in [0.25, 0.3) is 0 Å². The number of amides is 1. The van der Waals surface area contributed by atoms with Gasteiger partial charge in [0.1, 0.15) is 19.3 Å². The lowest BCUT2D eigenvalue weighted by molar-refractivity contribution is -0.332.